The Labute approximate surface area is 124 Å². The van der Waals surface area contributed by atoms with E-state index in [2.05, 4.69) is 5.32 Å². The van der Waals surface area contributed by atoms with E-state index in [0.717, 1.165) is 6.42 Å². The van der Waals surface area contributed by atoms with Gasteiger partial charge in [-0.15, -0.1) is 11.8 Å². The molecule has 0 aliphatic carbocycles. The van der Waals surface area contributed by atoms with Gasteiger partial charge in [0.2, 0.25) is 0 Å². The first-order chi connectivity index (χ1) is 9.42. The summed E-state index contributed by atoms with van der Waals surface area (Å²) in [6.45, 7) is 6.36. The Hall–Kier alpha value is -0.950. The van der Waals surface area contributed by atoms with Gasteiger partial charge in [-0.25, -0.2) is 9.59 Å². The number of hydrogen-bond donors (Lipinski definition) is 2. The molecule has 1 aliphatic rings. The highest BCUT2D eigenvalue weighted by Gasteiger charge is 2.41. The Balaban J connectivity index is 2.78. The highest BCUT2D eigenvalue weighted by Crippen LogP contribution is 2.31. The van der Waals surface area contributed by atoms with Crippen LogP contribution in [0.3, 0.4) is 0 Å². The zero-order valence-corrected chi connectivity index (χ0v) is 13.3. The molecule has 0 saturated carbocycles. The minimum atomic E-state index is -0.948. The quantitative estimate of drug-likeness (QED) is 0.779. The predicted molar refractivity (Wildman–Crippen MR) is 78.8 cm³/mol. The lowest BCUT2D eigenvalue weighted by atomic mass is 10.1. The van der Waals surface area contributed by atoms with Crippen LogP contribution in [-0.2, 0) is 9.53 Å². The molecule has 1 heterocycles. The van der Waals surface area contributed by atoms with E-state index in [1.54, 1.807) is 7.11 Å². The molecule has 0 bridgehead atoms. The molecule has 2 amide bonds. The van der Waals surface area contributed by atoms with Crippen LogP contribution >= 0.6 is 11.8 Å². The van der Waals surface area contributed by atoms with E-state index in [1.165, 1.54) is 16.7 Å². The lowest BCUT2D eigenvalue weighted by Crippen LogP contribution is -2.54. The maximum atomic E-state index is 12.4. The molecule has 0 aromatic heterocycles. The number of carboxylic acids is 1. The van der Waals surface area contributed by atoms with Crippen molar-refractivity contribution in [2.45, 2.75) is 44.6 Å². The lowest BCUT2D eigenvalue weighted by Gasteiger charge is -2.30. The van der Waals surface area contributed by atoms with Gasteiger partial charge in [-0.2, -0.15) is 0 Å². The number of ether oxygens (including phenoxy) is 1. The topological polar surface area (TPSA) is 78.9 Å². The second kappa shape index (κ2) is 7.73. The third kappa shape index (κ3) is 4.02. The number of carbonyl (C=O) groups excluding carboxylic acids is 1. The first-order valence-corrected chi connectivity index (χ1v) is 7.89. The van der Waals surface area contributed by atoms with Crippen molar-refractivity contribution in [2.75, 3.05) is 19.5 Å². The second-order valence-electron chi connectivity index (χ2n) is 5.21. The monoisotopic (exact) mass is 304 g/mol. The normalized spacial score (nSPS) is 23.9. The molecular weight excluding hydrogens is 280 g/mol. The first kappa shape index (κ1) is 17.1. The summed E-state index contributed by atoms with van der Waals surface area (Å²) in [5.74, 6) is -0.285. The van der Waals surface area contributed by atoms with Gasteiger partial charge in [0.25, 0.3) is 0 Å². The van der Waals surface area contributed by atoms with E-state index in [1.807, 2.05) is 20.8 Å². The summed E-state index contributed by atoms with van der Waals surface area (Å²) in [6.07, 6.45) is 0.735. The minimum Gasteiger partial charge on any atom is -0.480 e. The van der Waals surface area contributed by atoms with E-state index in [0.29, 0.717) is 12.4 Å². The van der Waals surface area contributed by atoms with Crippen molar-refractivity contribution < 1.29 is 19.4 Å². The largest absolute Gasteiger partial charge is 0.480 e. The molecule has 1 aliphatic heterocycles. The van der Waals surface area contributed by atoms with Crippen molar-refractivity contribution >= 4 is 23.8 Å². The third-order valence-electron chi connectivity index (χ3n) is 3.42. The van der Waals surface area contributed by atoms with Crippen molar-refractivity contribution in [1.82, 2.24) is 10.2 Å². The fourth-order valence-electron chi connectivity index (χ4n) is 2.15. The van der Waals surface area contributed by atoms with Gasteiger partial charge in [0.05, 0.1) is 18.0 Å². The van der Waals surface area contributed by atoms with E-state index in [4.69, 9.17) is 4.74 Å². The van der Waals surface area contributed by atoms with Gasteiger partial charge in [0.1, 0.15) is 6.04 Å². The molecule has 0 radical (unpaired) electrons. The molecule has 0 aromatic rings. The summed E-state index contributed by atoms with van der Waals surface area (Å²) in [5.41, 5.74) is 0. The molecule has 0 aromatic carbocycles. The number of thioether (sulfide) groups is 1. The van der Waals surface area contributed by atoms with Gasteiger partial charge in [-0.3, -0.25) is 4.90 Å². The molecule has 1 rings (SSSR count). The van der Waals surface area contributed by atoms with Gasteiger partial charge < -0.3 is 15.2 Å². The maximum Gasteiger partial charge on any atom is 0.327 e. The molecule has 2 N–H and O–H groups in total. The smallest absolute Gasteiger partial charge is 0.327 e. The van der Waals surface area contributed by atoms with Crippen LogP contribution in [0, 0.1) is 5.92 Å². The van der Waals surface area contributed by atoms with Crippen LogP contribution in [0.1, 0.15) is 27.2 Å². The molecule has 3 atom stereocenters. The highest BCUT2D eigenvalue weighted by atomic mass is 32.2. The Morgan fingerprint density at radius 1 is 1.50 bits per heavy atom. The summed E-state index contributed by atoms with van der Waals surface area (Å²) < 4.78 is 5.10. The molecule has 6 nitrogen and oxygen atoms in total. The molecule has 7 heteroatoms. The van der Waals surface area contributed by atoms with Crippen molar-refractivity contribution in [1.29, 1.82) is 0 Å². The summed E-state index contributed by atoms with van der Waals surface area (Å²) in [5, 5.41) is 12.0. The van der Waals surface area contributed by atoms with E-state index in [-0.39, 0.29) is 23.4 Å². The summed E-state index contributed by atoms with van der Waals surface area (Å²) in [6, 6.07) is -1.18. The third-order valence-corrected chi connectivity index (χ3v) is 4.87. The molecule has 20 heavy (non-hydrogen) atoms. The number of nitrogens with zero attached hydrogens (tertiary/aromatic N) is 1. The van der Waals surface area contributed by atoms with Crippen LogP contribution in [0.15, 0.2) is 0 Å². The van der Waals surface area contributed by atoms with Gasteiger partial charge >= 0.3 is 12.0 Å². The predicted octanol–water partition coefficient (Wildman–Crippen LogP) is 1.61. The zero-order chi connectivity index (χ0) is 15.3. The average Bonchev–Trinajstić information content (AvgIpc) is 2.81. The molecule has 0 spiro atoms. The van der Waals surface area contributed by atoms with Gasteiger partial charge in [-0.1, -0.05) is 20.8 Å². The molecule has 1 saturated heterocycles. The van der Waals surface area contributed by atoms with Crippen molar-refractivity contribution in [3.63, 3.8) is 0 Å². The number of methoxy groups -OCH3 is 1. The average molecular weight is 304 g/mol. The van der Waals surface area contributed by atoms with Gasteiger partial charge in [-0.05, 0) is 12.3 Å². The number of carbonyl (C=O) groups is 2. The molecule has 116 valence electrons. The Bertz CT molecular complexity index is 351. The lowest BCUT2D eigenvalue weighted by molar-refractivity contribution is -0.141. The summed E-state index contributed by atoms with van der Waals surface area (Å²) >= 11 is 1.52. The SMILES string of the molecule is CCC1SCC(C(=O)O)N1C(=O)NC(COC)C(C)C. The maximum absolute atomic E-state index is 12.4. The van der Waals surface area contributed by atoms with Crippen molar-refractivity contribution in [3.8, 4) is 0 Å². The number of amides is 2. The number of urea groups is 1. The number of nitrogens with one attached hydrogen (secondary N) is 1. The fourth-order valence-corrected chi connectivity index (χ4v) is 3.50. The van der Waals surface area contributed by atoms with Gasteiger partial charge in [0, 0.05) is 12.9 Å². The highest BCUT2D eigenvalue weighted by molar-refractivity contribution is 8.00. The van der Waals surface area contributed by atoms with E-state index < -0.39 is 12.0 Å². The fraction of sp³-hybridized carbons (Fsp3) is 0.846. The van der Waals surface area contributed by atoms with Crippen LogP contribution in [0.4, 0.5) is 4.79 Å². The second-order valence-corrected chi connectivity index (χ2v) is 6.42. The Kier molecular flexibility index (Phi) is 6.61. The van der Waals surface area contributed by atoms with E-state index in [9.17, 15) is 14.7 Å². The van der Waals surface area contributed by atoms with Crippen LogP contribution in [-0.4, -0.2) is 58.9 Å². The Morgan fingerprint density at radius 2 is 2.15 bits per heavy atom. The van der Waals surface area contributed by atoms with Gasteiger partial charge in [0.15, 0.2) is 0 Å². The zero-order valence-electron chi connectivity index (χ0n) is 12.5. The van der Waals surface area contributed by atoms with E-state index >= 15 is 0 Å². The number of carboxylic acid groups (broad SMARTS) is 1. The van der Waals surface area contributed by atoms with Crippen LogP contribution in [0.2, 0.25) is 0 Å². The summed E-state index contributed by atoms with van der Waals surface area (Å²) in [7, 11) is 1.59. The molecular formula is C13H24N2O4S. The van der Waals surface area contributed by atoms with Crippen molar-refractivity contribution in [3.05, 3.63) is 0 Å². The molecule has 3 unspecified atom stereocenters. The minimum absolute atomic E-state index is 0.0774. The van der Waals surface area contributed by atoms with Crippen molar-refractivity contribution in [2.24, 2.45) is 5.92 Å². The standard InChI is InChI=1S/C13H24N2O4S/c1-5-11-15(10(7-20-11)12(16)17)13(18)14-9(6-19-4)8(2)3/h8-11H,5-7H2,1-4H3,(H,14,18)(H,16,17). The Morgan fingerprint density at radius 3 is 2.60 bits per heavy atom. The van der Waals surface area contributed by atoms with Crippen LogP contribution in [0.5, 0.6) is 0 Å². The molecule has 1 fully saturated rings. The van der Waals surface area contributed by atoms with Crippen LogP contribution in [0.25, 0.3) is 0 Å². The van der Waals surface area contributed by atoms with Crippen LogP contribution < -0.4 is 5.32 Å². The first-order valence-electron chi connectivity index (χ1n) is 6.84. The number of aliphatic carboxylic acids is 1. The number of rotatable bonds is 6. The number of hydrogen-bond acceptors (Lipinski definition) is 4. The summed E-state index contributed by atoms with van der Waals surface area (Å²) in [4.78, 5) is 25.1.